The molecule has 2 N–H and O–H groups in total. The van der Waals surface area contributed by atoms with E-state index in [4.69, 9.17) is 0 Å². The van der Waals surface area contributed by atoms with E-state index >= 15 is 0 Å². The summed E-state index contributed by atoms with van der Waals surface area (Å²) in [6.07, 6.45) is 4.03. The van der Waals surface area contributed by atoms with Gasteiger partial charge in [-0.05, 0) is 62.2 Å². The molecule has 3 aromatic rings. The van der Waals surface area contributed by atoms with Crippen LogP contribution in [0.3, 0.4) is 0 Å². The molecule has 1 aliphatic carbocycles. The number of benzene rings is 3. The number of imide groups is 1. The van der Waals surface area contributed by atoms with Crippen molar-refractivity contribution >= 4 is 46.5 Å². The Kier molecular flexibility index (Phi) is 6.91. The summed E-state index contributed by atoms with van der Waals surface area (Å²) in [5.74, 6) is -0.688. The molecular formula is C29H27N3O3S. The van der Waals surface area contributed by atoms with Crippen molar-refractivity contribution in [3.8, 4) is 0 Å². The highest BCUT2D eigenvalue weighted by Gasteiger charge is 2.40. The minimum absolute atomic E-state index is 0.0398. The predicted octanol–water partition coefficient (Wildman–Crippen LogP) is 6.11. The maximum absolute atomic E-state index is 13.5. The van der Waals surface area contributed by atoms with Gasteiger partial charge < -0.3 is 10.6 Å². The predicted molar refractivity (Wildman–Crippen MR) is 144 cm³/mol. The molecule has 0 unspecified atom stereocenters. The number of carbonyl (C=O) groups excluding carboxylic acids is 3. The van der Waals surface area contributed by atoms with Crippen molar-refractivity contribution in [2.75, 3.05) is 15.5 Å². The molecule has 3 aromatic carbocycles. The van der Waals surface area contributed by atoms with Crippen LogP contribution in [0.1, 0.15) is 31.2 Å². The van der Waals surface area contributed by atoms with Crippen LogP contribution in [0.2, 0.25) is 0 Å². The zero-order valence-electron chi connectivity index (χ0n) is 20.0. The molecule has 0 atom stereocenters. The number of nitrogens with one attached hydrogen (secondary N) is 2. The standard InChI is InChI=1S/C29H27N3O3S/c1-19-14-16-21(17-15-19)30-25-26(29(35)32(28(25)34)23-11-3-2-4-12-23)36-24-13-7-10-22(18-24)31-27(33)20-8-5-6-9-20/h2-4,7,10-18,20,30H,5-6,8-9H2,1H3,(H,31,33). The van der Waals surface area contributed by atoms with Gasteiger partial charge in [-0.1, -0.05) is 66.6 Å². The number of rotatable bonds is 7. The summed E-state index contributed by atoms with van der Waals surface area (Å²) in [4.78, 5) is 41.9. The maximum Gasteiger partial charge on any atom is 0.283 e. The average molecular weight is 498 g/mol. The zero-order chi connectivity index (χ0) is 25.1. The van der Waals surface area contributed by atoms with Crippen LogP contribution < -0.4 is 15.5 Å². The van der Waals surface area contributed by atoms with Crippen LogP contribution in [0.5, 0.6) is 0 Å². The Labute approximate surface area is 214 Å². The molecule has 3 amide bonds. The van der Waals surface area contributed by atoms with Crippen molar-refractivity contribution < 1.29 is 14.4 Å². The fourth-order valence-corrected chi connectivity index (χ4v) is 5.48. The summed E-state index contributed by atoms with van der Waals surface area (Å²) < 4.78 is 0. The zero-order valence-corrected chi connectivity index (χ0v) is 20.8. The van der Waals surface area contributed by atoms with Crippen LogP contribution in [-0.4, -0.2) is 17.7 Å². The maximum atomic E-state index is 13.5. The van der Waals surface area contributed by atoms with Gasteiger partial charge in [-0.25, -0.2) is 4.90 Å². The smallest absolute Gasteiger partial charge is 0.283 e. The third kappa shape index (κ3) is 5.06. The average Bonchev–Trinajstić information content (AvgIpc) is 3.50. The third-order valence-electron chi connectivity index (χ3n) is 6.42. The van der Waals surface area contributed by atoms with Crippen LogP contribution in [0, 0.1) is 12.8 Å². The molecule has 0 aromatic heterocycles. The van der Waals surface area contributed by atoms with Gasteiger partial charge in [-0.2, -0.15) is 0 Å². The van der Waals surface area contributed by atoms with E-state index in [0.717, 1.165) is 41.8 Å². The summed E-state index contributed by atoms with van der Waals surface area (Å²) >= 11 is 1.22. The van der Waals surface area contributed by atoms with E-state index in [2.05, 4.69) is 10.6 Å². The van der Waals surface area contributed by atoms with E-state index < -0.39 is 5.91 Å². The quantitative estimate of drug-likeness (QED) is 0.385. The van der Waals surface area contributed by atoms with Gasteiger partial charge in [0.25, 0.3) is 11.8 Å². The Bertz CT molecular complexity index is 1330. The van der Waals surface area contributed by atoms with Crippen molar-refractivity contribution in [3.63, 3.8) is 0 Å². The van der Waals surface area contributed by atoms with E-state index in [0.29, 0.717) is 16.3 Å². The van der Waals surface area contributed by atoms with Gasteiger partial charge >= 0.3 is 0 Å². The fraction of sp³-hybridized carbons (Fsp3) is 0.207. The van der Waals surface area contributed by atoms with Gasteiger partial charge in [-0.3, -0.25) is 14.4 Å². The normalized spacial score (nSPS) is 16.1. The lowest BCUT2D eigenvalue weighted by Crippen LogP contribution is -2.32. The van der Waals surface area contributed by atoms with Gasteiger partial charge in [0.1, 0.15) is 10.6 Å². The van der Waals surface area contributed by atoms with Gasteiger partial charge in [0.15, 0.2) is 0 Å². The van der Waals surface area contributed by atoms with Crippen molar-refractivity contribution in [2.45, 2.75) is 37.5 Å². The first-order valence-corrected chi connectivity index (χ1v) is 12.9. The first kappa shape index (κ1) is 23.9. The van der Waals surface area contributed by atoms with E-state index in [1.807, 2.05) is 61.5 Å². The Hall–Kier alpha value is -3.84. The number of para-hydroxylation sites is 1. The number of thioether (sulfide) groups is 1. The molecule has 6 nitrogen and oxygen atoms in total. The lowest BCUT2D eigenvalue weighted by molar-refractivity contribution is -0.121. The van der Waals surface area contributed by atoms with Crippen LogP contribution in [-0.2, 0) is 14.4 Å². The van der Waals surface area contributed by atoms with Gasteiger partial charge in [0, 0.05) is 22.2 Å². The van der Waals surface area contributed by atoms with E-state index in [1.54, 1.807) is 24.3 Å². The van der Waals surface area contributed by atoms with Gasteiger partial charge in [0.05, 0.1) is 5.69 Å². The van der Waals surface area contributed by atoms with Crippen molar-refractivity contribution in [1.29, 1.82) is 0 Å². The monoisotopic (exact) mass is 497 g/mol. The first-order chi connectivity index (χ1) is 17.5. The van der Waals surface area contributed by atoms with E-state index in [9.17, 15) is 14.4 Å². The van der Waals surface area contributed by atoms with Crippen molar-refractivity contribution in [2.24, 2.45) is 5.92 Å². The fourth-order valence-electron chi connectivity index (χ4n) is 4.49. The lowest BCUT2D eigenvalue weighted by Gasteiger charge is -2.15. The number of nitrogens with zero attached hydrogens (tertiary/aromatic N) is 1. The molecule has 5 rings (SSSR count). The second-order valence-corrected chi connectivity index (χ2v) is 10.2. The van der Waals surface area contributed by atoms with Crippen molar-refractivity contribution in [3.05, 3.63) is 95.0 Å². The van der Waals surface area contributed by atoms with Crippen LogP contribution in [0.15, 0.2) is 94.4 Å². The van der Waals surface area contributed by atoms with Crippen molar-refractivity contribution in [1.82, 2.24) is 0 Å². The van der Waals surface area contributed by atoms with Crippen LogP contribution in [0.4, 0.5) is 17.1 Å². The minimum Gasteiger partial charge on any atom is -0.350 e. The second-order valence-electron chi connectivity index (χ2n) is 9.08. The molecule has 0 bridgehead atoms. The molecule has 1 fully saturated rings. The number of hydrogen-bond donors (Lipinski definition) is 2. The number of carbonyl (C=O) groups is 3. The number of aryl methyl sites for hydroxylation is 1. The lowest BCUT2D eigenvalue weighted by atomic mass is 10.1. The van der Waals surface area contributed by atoms with Gasteiger partial charge in [0.2, 0.25) is 5.91 Å². The summed E-state index contributed by atoms with van der Waals surface area (Å²) in [5.41, 5.74) is 3.26. The molecule has 0 saturated heterocycles. The minimum atomic E-state index is -0.403. The van der Waals surface area contributed by atoms with E-state index in [1.165, 1.54) is 16.7 Å². The highest BCUT2D eigenvalue weighted by molar-refractivity contribution is 8.04. The number of anilines is 3. The molecule has 182 valence electrons. The summed E-state index contributed by atoms with van der Waals surface area (Å²) in [6, 6.07) is 24.0. The first-order valence-electron chi connectivity index (χ1n) is 12.1. The molecule has 1 saturated carbocycles. The SMILES string of the molecule is Cc1ccc(NC2=C(Sc3cccc(NC(=O)C4CCCC4)c3)C(=O)N(c3ccccc3)C2=O)cc1. The largest absolute Gasteiger partial charge is 0.350 e. The molecule has 7 heteroatoms. The summed E-state index contributed by atoms with van der Waals surface area (Å²) in [5, 5.41) is 6.19. The van der Waals surface area contributed by atoms with Crippen LogP contribution in [0.25, 0.3) is 0 Å². The Morgan fingerprint density at radius 3 is 2.31 bits per heavy atom. The number of hydrogen-bond acceptors (Lipinski definition) is 5. The third-order valence-corrected chi connectivity index (χ3v) is 7.50. The number of amides is 3. The van der Waals surface area contributed by atoms with Crippen LogP contribution >= 0.6 is 11.8 Å². The Morgan fingerprint density at radius 1 is 0.861 bits per heavy atom. The molecule has 1 heterocycles. The topological polar surface area (TPSA) is 78.5 Å². The van der Waals surface area contributed by atoms with Gasteiger partial charge in [-0.15, -0.1) is 0 Å². The highest BCUT2D eigenvalue weighted by Crippen LogP contribution is 2.38. The van der Waals surface area contributed by atoms with E-state index in [-0.39, 0.29) is 23.4 Å². The summed E-state index contributed by atoms with van der Waals surface area (Å²) in [7, 11) is 0. The summed E-state index contributed by atoms with van der Waals surface area (Å²) in [6.45, 7) is 1.99. The molecule has 0 spiro atoms. The molecule has 36 heavy (non-hydrogen) atoms. The molecule has 0 radical (unpaired) electrons. The molecular weight excluding hydrogens is 470 g/mol. The Balaban J connectivity index is 1.44. The molecule has 1 aliphatic heterocycles. The Morgan fingerprint density at radius 2 is 1.58 bits per heavy atom. The second kappa shape index (κ2) is 10.4. The highest BCUT2D eigenvalue weighted by atomic mass is 32.2. The molecule has 2 aliphatic rings.